The molecule has 80 valence electrons. The zero-order chi connectivity index (χ0) is 10.7. The Morgan fingerprint density at radius 3 is 2.71 bits per heavy atom. The summed E-state index contributed by atoms with van der Waals surface area (Å²) in [7, 11) is 3.95. The first-order valence-electron chi connectivity index (χ1n) is 4.85. The number of aliphatic hydroxyl groups excluding tert-OH is 1. The lowest BCUT2D eigenvalue weighted by atomic mass is 10.3. The fourth-order valence-electron chi connectivity index (χ4n) is 1.36. The van der Waals surface area contributed by atoms with Crippen molar-refractivity contribution in [2.75, 3.05) is 13.7 Å². The molecule has 1 unspecified atom stereocenters. The number of aliphatic hydroxyl groups is 1. The van der Waals surface area contributed by atoms with Gasteiger partial charge in [-0.25, -0.2) is 0 Å². The Balaban J connectivity index is 2.64. The van der Waals surface area contributed by atoms with Crippen LogP contribution in [0.15, 0.2) is 6.07 Å². The summed E-state index contributed by atoms with van der Waals surface area (Å²) >= 11 is 0. The van der Waals surface area contributed by atoms with Crippen molar-refractivity contribution in [1.29, 1.82) is 0 Å². The van der Waals surface area contributed by atoms with Gasteiger partial charge in [-0.2, -0.15) is 5.10 Å². The number of hydrogen-bond donors (Lipinski definition) is 1. The van der Waals surface area contributed by atoms with Crippen molar-refractivity contribution in [1.82, 2.24) is 14.7 Å². The predicted molar refractivity (Wildman–Crippen MR) is 56.0 cm³/mol. The predicted octanol–water partition coefficient (Wildman–Crippen LogP) is 0.541. The van der Waals surface area contributed by atoms with Crippen LogP contribution in [0.5, 0.6) is 0 Å². The minimum atomic E-state index is 0.185. The Morgan fingerprint density at radius 2 is 2.29 bits per heavy atom. The molecule has 0 aliphatic carbocycles. The third-order valence-electron chi connectivity index (χ3n) is 2.53. The molecule has 0 radical (unpaired) electrons. The summed E-state index contributed by atoms with van der Waals surface area (Å²) in [6.07, 6.45) is 0. The lowest BCUT2D eigenvalue weighted by Gasteiger charge is -2.22. The van der Waals surface area contributed by atoms with E-state index in [1.54, 1.807) is 0 Å². The summed E-state index contributed by atoms with van der Waals surface area (Å²) in [5.41, 5.74) is 2.21. The molecule has 0 fully saturated rings. The van der Waals surface area contributed by atoms with Crippen molar-refractivity contribution in [2.24, 2.45) is 7.05 Å². The molecule has 0 aromatic carbocycles. The molecule has 0 bridgehead atoms. The number of hydrogen-bond acceptors (Lipinski definition) is 3. The van der Waals surface area contributed by atoms with Crippen molar-refractivity contribution >= 4 is 0 Å². The highest BCUT2D eigenvalue weighted by molar-refractivity contribution is 5.08. The van der Waals surface area contributed by atoms with Gasteiger partial charge < -0.3 is 5.11 Å². The van der Waals surface area contributed by atoms with Crippen LogP contribution >= 0.6 is 0 Å². The monoisotopic (exact) mass is 197 g/mol. The highest BCUT2D eigenvalue weighted by Crippen LogP contribution is 2.06. The van der Waals surface area contributed by atoms with E-state index in [1.807, 2.05) is 32.6 Å². The van der Waals surface area contributed by atoms with Crippen LogP contribution in [-0.2, 0) is 13.6 Å². The molecule has 0 aliphatic rings. The normalized spacial score (nSPS) is 13.6. The highest BCUT2D eigenvalue weighted by atomic mass is 16.3. The molecule has 1 aromatic rings. The van der Waals surface area contributed by atoms with E-state index in [-0.39, 0.29) is 12.6 Å². The first-order chi connectivity index (χ1) is 6.54. The number of likely N-dealkylation sites (N-methyl/N-ethyl adjacent to an activating group) is 1. The van der Waals surface area contributed by atoms with Crippen LogP contribution in [-0.4, -0.2) is 39.5 Å². The molecule has 1 rings (SSSR count). The average Bonchev–Trinajstić information content (AvgIpc) is 2.44. The van der Waals surface area contributed by atoms with E-state index in [1.165, 1.54) is 5.69 Å². The number of aryl methyl sites for hydroxylation is 2. The maximum Gasteiger partial charge on any atom is 0.0597 e. The Labute approximate surface area is 85.1 Å². The molecule has 1 N–H and O–H groups in total. The maximum atomic E-state index is 8.99. The number of aromatic nitrogens is 2. The van der Waals surface area contributed by atoms with Gasteiger partial charge in [0.25, 0.3) is 0 Å². The molecule has 0 amide bonds. The SMILES string of the molecule is Cc1cc(CN(C)C(C)CO)n(C)n1. The van der Waals surface area contributed by atoms with Crippen LogP contribution in [0.2, 0.25) is 0 Å². The van der Waals surface area contributed by atoms with Gasteiger partial charge in [0.05, 0.1) is 18.0 Å². The Kier molecular flexibility index (Phi) is 3.66. The van der Waals surface area contributed by atoms with Crippen molar-refractivity contribution in [2.45, 2.75) is 26.4 Å². The molecule has 0 spiro atoms. The van der Waals surface area contributed by atoms with Crippen LogP contribution in [0.3, 0.4) is 0 Å². The van der Waals surface area contributed by atoms with Gasteiger partial charge in [0.1, 0.15) is 0 Å². The molecule has 1 heterocycles. The summed E-state index contributed by atoms with van der Waals surface area (Å²) in [6, 6.07) is 2.26. The zero-order valence-corrected chi connectivity index (χ0v) is 9.36. The van der Waals surface area contributed by atoms with E-state index in [9.17, 15) is 0 Å². The van der Waals surface area contributed by atoms with E-state index >= 15 is 0 Å². The third-order valence-corrected chi connectivity index (χ3v) is 2.53. The molecule has 4 heteroatoms. The van der Waals surface area contributed by atoms with Crippen LogP contribution in [0.25, 0.3) is 0 Å². The van der Waals surface area contributed by atoms with Gasteiger partial charge in [-0.15, -0.1) is 0 Å². The van der Waals surface area contributed by atoms with Crippen molar-refractivity contribution < 1.29 is 5.11 Å². The topological polar surface area (TPSA) is 41.3 Å². The molecule has 14 heavy (non-hydrogen) atoms. The minimum Gasteiger partial charge on any atom is -0.395 e. The largest absolute Gasteiger partial charge is 0.395 e. The third kappa shape index (κ3) is 2.56. The maximum absolute atomic E-state index is 8.99. The lowest BCUT2D eigenvalue weighted by molar-refractivity contribution is 0.151. The van der Waals surface area contributed by atoms with E-state index in [4.69, 9.17) is 5.11 Å². The van der Waals surface area contributed by atoms with Gasteiger partial charge in [0.15, 0.2) is 0 Å². The van der Waals surface area contributed by atoms with Crippen molar-refractivity contribution in [3.05, 3.63) is 17.5 Å². The quantitative estimate of drug-likeness (QED) is 0.766. The lowest BCUT2D eigenvalue weighted by Crippen LogP contribution is -2.32. The van der Waals surface area contributed by atoms with Gasteiger partial charge in [-0.05, 0) is 27.0 Å². The molecule has 1 aromatic heterocycles. The van der Waals surface area contributed by atoms with Crippen LogP contribution < -0.4 is 0 Å². The molecule has 0 saturated carbocycles. The second kappa shape index (κ2) is 4.57. The highest BCUT2D eigenvalue weighted by Gasteiger charge is 2.10. The molecule has 0 saturated heterocycles. The molecule has 1 atom stereocenters. The number of nitrogens with zero attached hydrogens (tertiary/aromatic N) is 3. The second-order valence-electron chi connectivity index (χ2n) is 3.85. The summed E-state index contributed by atoms with van der Waals surface area (Å²) < 4.78 is 1.88. The summed E-state index contributed by atoms with van der Waals surface area (Å²) in [5.74, 6) is 0. The molecular formula is C10H19N3O. The summed E-state index contributed by atoms with van der Waals surface area (Å²) in [6.45, 7) is 4.99. The fourth-order valence-corrected chi connectivity index (χ4v) is 1.36. The second-order valence-corrected chi connectivity index (χ2v) is 3.85. The van der Waals surface area contributed by atoms with Crippen molar-refractivity contribution in [3.8, 4) is 0 Å². The van der Waals surface area contributed by atoms with Gasteiger partial charge >= 0.3 is 0 Å². The smallest absolute Gasteiger partial charge is 0.0597 e. The van der Waals surface area contributed by atoms with E-state index in [0.29, 0.717) is 0 Å². The first kappa shape index (κ1) is 11.2. The minimum absolute atomic E-state index is 0.185. The molecule has 4 nitrogen and oxygen atoms in total. The Morgan fingerprint density at radius 1 is 1.64 bits per heavy atom. The van der Waals surface area contributed by atoms with Crippen LogP contribution in [0.1, 0.15) is 18.3 Å². The first-order valence-corrected chi connectivity index (χ1v) is 4.85. The molecule has 0 aliphatic heterocycles. The van der Waals surface area contributed by atoms with Gasteiger partial charge in [-0.1, -0.05) is 0 Å². The average molecular weight is 197 g/mol. The summed E-state index contributed by atoms with van der Waals surface area (Å²) in [5, 5.41) is 13.3. The standard InChI is InChI=1S/C10H19N3O/c1-8-5-10(13(4)11-8)6-12(3)9(2)7-14/h5,9,14H,6-7H2,1-4H3. The Bertz CT molecular complexity index is 296. The summed E-state index contributed by atoms with van der Waals surface area (Å²) in [4.78, 5) is 2.11. The Hall–Kier alpha value is -0.870. The van der Waals surface area contributed by atoms with E-state index in [2.05, 4.69) is 16.1 Å². The van der Waals surface area contributed by atoms with Gasteiger partial charge in [0.2, 0.25) is 0 Å². The van der Waals surface area contributed by atoms with Gasteiger partial charge in [-0.3, -0.25) is 9.58 Å². The van der Waals surface area contributed by atoms with E-state index in [0.717, 1.165) is 12.2 Å². The van der Waals surface area contributed by atoms with Crippen LogP contribution in [0, 0.1) is 6.92 Å². The zero-order valence-electron chi connectivity index (χ0n) is 9.36. The van der Waals surface area contributed by atoms with Crippen molar-refractivity contribution in [3.63, 3.8) is 0 Å². The molecular weight excluding hydrogens is 178 g/mol. The number of rotatable bonds is 4. The van der Waals surface area contributed by atoms with E-state index < -0.39 is 0 Å². The van der Waals surface area contributed by atoms with Gasteiger partial charge in [0, 0.05) is 19.6 Å². The van der Waals surface area contributed by atoms with Crippen LogP contribution in [0.4, 0.5) is 0 Å². The fraction of sp³-hybridized carbons (Fsp3) is 0.700.